The van der Waals surface area contributed by atoms with Crippen molar-refractivity contribution in [3.63, 3.8) is 0 Å². The van der Waals surface area contributed by atoms with Gasteiger partial charge in [0.05, 0.1) is 30.0 Å². The maximum atomic E-state index is 13.1. The number of ether oxygens (including phenoxy) is 1. The summed E-state index contributed by atoms with van der Waals surface area (Å²) in [5.41, 5.74) is 2.91. The van der Waals surface area contributed by atoms with Gasteiger partial charge in [0.1, 0.15) is 6.04 Å². The molecule has 0 radical (unpaired) electrons. The van der Waals surface area contributed by atoms with E-state index in [1.807, 2.05) is 54.6 Å². The summed E-state index contributed by atoms with van der Waals surface area (Å²) in [6.45, 7) is 3.88. The highest BCUT2D eigenvalue weighted by Crippen LogP contribution is 2.25. The fourth-order valence-electron chi connectivity index (χ4n) is 3.51. The van der Waals surface area contributed by atoms with Crippen LogP contribution in [-0.2, 0) is 9.53 Å². The van der Waals surface area contributed by atoms with Gasteiger partial charge in [0.2, 0.25) is 5.91 Å². The average molecular weight is 389 g/mol. The van der Waals surface area contributed by atoms with Crippen molar-refractivity contribution in [3.8, 4) is 11.3 Å². The summed E-state index contributed by atoms with van der Waals surface area (Å²) in [7, 11) is 0. The Morgan fingerprint density at radius 3 is 2.48 bits per heavy atom. The number of nitrogens with one attached hydrogen (secondary N) is 1. The quantitative estimate of drug-likeness (QED) is 0.745. The summed E-state index contributed by atoms with van der Waals surface area (Å²) in [4.78, 5) is 32.2. The molecular formula is C23H23N3O3. The zero-order chi connectivity index (χ0) is 20.2. The van der Waals surface area contributed by atoms with Gasteiger partial charge in [0, 0.05) is 24.0 Å². The number of nitrogens with zero attached hydrogens (tertiary/aromatic N) is 2. The molecule has 29 heavy (non-hydrogen) atoms. The molecule has 3 aromatic rings. The van der Waals surface area contributed by atoms with Gasteiger partial charge in [-0.05, 0) is 19.1 Å². The molecule has 1 N–H and O–H groups in total. The fraction of sp³-hybridized carbons (Fsp3) is 0.261. The number of benzene rings is 2. The van der Waals surface area contributed by atoms with E-state index in [1.165, 1.54) is 0 Å². The van der Waals surface area contributed by atoms with Crippen molar-refractivity contribution in [1.29, 1.82) is 0 Å². The van der Waals surface area contributed by atoms with Crippen molar-refractivity contribution < 1.29 is 14.3 Å². The lowest BCUT2D eigenvalue weighted by atomic mass is 10.0. The number of fused-ring (bicyclic) bond motifs is 1. The summed E-state index contributed by atoms with van der Waals surface area (Å²) in [5.74, 6) is -0.377. The minimum atomic E-state index is -0.618. The van der Waals surface area contributed by atoms with Crippen LogP contribution in [0.3, 0.4) is 0 Å². The Morgan fingerprint density at radius 1 is 1.03 bits per heavy atom. The van der Waals surface area contributed by atoms with Crippen molar-refractivity contribution in [1.82, 2.24) is 15.2 Å². The summed E-state index contributed by atoms with van der Waals surface area (Å²) in [6.07, 6.45) is 0. The number of para-hydroxylation sites is 1. The zero-order valence-corrected chi connectivity index (χ0v) is 16.3. The Kier molecular flexibility index (Phi) is 5.53. The summed E-state index contributed by atoms with van der Waals surface area (Å²) < 4.78 is 5.30. The van der Waals surface area contributed by atoms with Crippen molar-refractivity contribution in [2.75, 3.05) is 26.3 Å². The van der Waals surface area contributed by atoms with E-state index in [0.29, 0.717) is 31.9 Å². The van der Waals surface area contributed by atoms with Gasteiger partial charge in [-0.25, -0.2) is 4.98 Å². The van der Waals surface area contributed by atoms with Crippen molar-refractivity contribution >= 4 is 22.7 Å². The van der Waals surface area contributed by atoms with Crippen LogP contribution in [0.1, 0.15) is 17.3 Å². The molecule has 0 saturated carbocycles. The van der Waals surface area contributed by atoms with Crippen LogP contribution in [0.5, 0.6) is 0 Å². The Morgan fingerprint density at radius 2 is 1.72 bits per heavy atom. The second-order valence-electron chi connectivity index (χ2n) is 7.07. The molecule has 0 aliphatic carbocycles. The molecule has 6 nitrogen and oxygen atoms in total. The van der Waals surface area contributed by atoms with Gasteiger partial charge < -0.3 is 15.0 Å². The third-order valence-electron chi connectivity index (χ3n) is 5.07. The minimum absolute atomic E-state index is 0.0942. The predicted molar refractivity (Wildman–Crippen MR) is 112 cm³/mol. The molecule has 0 bridgehead atoms. The predicted octanol–water partition coefficient (Wildman–Crippen LogP) is 2.88. The molecule has 1 aliphatic rings. The number of rotatable bonds is 4. The smallest absolute Gasteiger partial charge is 0.252 e. The van der Waals surface area contributed by atoms with Crippen LogP contribution in [0.15, 0.2) is 60.7 Å². The molecule has 148 valence electrons. The molecule has 1 unspecified atom stereocenters. The van der Waals surface area contributed by atoms with Gasteiger partial charge >= 0.3 is 0 Å². The highest BCUT2D eigenvalue weighted by atomic mass is 16.5. The zero-order valence-electron chi connectivity index (χ0n) is 16.3. The minimum Gasteiger partial charge on any atom is -0.378 e. The first-order chi connectivity index (χ1) is 14.1. The van der Waals surface area contributed by atoms with E-state index in [9.17, 15) is 9.59 Å². The van der Waals surface area contributed by atoms with Crippen LogP contribution in [-0.4, -0.2) is 54.0 Å². The maximum Gasteiger partial charge on any atom is 0.252 e. The number of aromatic nitrogens is 1. The molecule has 0 spiro atoms. The molecule has 4 rings (SSSR count). The van der Waals surface area contributed by atoms with Crippen LogP contribution in [0.2, 0.25) is 0 Å². The first-order valence-corrected chi connectivity index (χ1v) is 9.76. The van der Waals surface area contributed by atoms with E-state index in [-0.39, 0.29) is 11.8 Å². The number of hydrogen-bond acceptors (Lipinski definition) is 4. The van der Waals surface area contributed by atoms with Gasteiger partial charge in [-0.3, -0.25) is 9.59 Å². The number of hydrogen-bond donors (Lipinski definition) is 1. The molecular weight excluding hydrogens is 366 g/mol. The monoisotopic (exact) mass is 389 g/mol. The molecule has 6 heteroatoms. The van der Waals surface area contributed by atoms with Crippen molar-refractivity contribution in [2.24, 2.45) is 0 Å². The Labute approximate surface area is 169 Å². The molecule has 1 aromatic heterocycles. The molecule has 1 aliphatic heterocycles. The Hall–Kier alpha value is -3.25. The molecule has 1 saturated heterocycles. The molecule has 1 atom stereocenters. The van der Waals surface area contributed by atoms with Gasteiger partial charge in [-0.2, -0.15) is 0 Å². The maximum absolute atomic E-state index is 13.1. The van der Waals surface area contributed by atoms with E-state index in [0.717, 1.165) is 22.2 Å². The van der Waals surface area contributed by atoms with E-state index in [2.05, 4.69) is 5.32 Å². The number of pyridine rings is 1. The first-order valence-electron chi connectivity index (χ1n) is 9.76. The lowest BCUT2D eigenvalue weighted by Crippen LogP contribution is -2.50. The van der Waals surface area contributed by atoms with Crippen LogP contribution in [0.25, 0.3) is 22.2 Å². The Balaban J connectivity index is 1.63. The van der Waals surface area contributed by atoms with Crippen LogP contribution < -0.4 is 5.32 Å². The fourth-order valence-corrected chi connectivity index (χ4v) is 3.51. The summed E-state index contributed by atoms with van der Waals surface area (Å²) in [6, 6.07) is 18.5. The van der Waals surface area contributed by atoms with Crippen LogP contribution >= 0.6 is 0 Å². The van der Waals surface area contributed by atoms with E-state index in [4.69, 9.17) is 9.72 Å². The molecule has 1 fully saturated rings. The van der Waals surface area contributed by atoms with Gasteiger partial charge in [-0.15, -0.1) is 0 Å². The molecule has 2 amide bonds. The second kappa shape index (κ2) is 8.41. The average Bonchev–Trinajstić information content (AvgIpc) is 2.78. The standard InChI is InChI=1S/C23H23N3O3/c1-16(23(28)26-11-13-29-14-12-26)24-22(27)19-15-21(17-7-3-2-4-8-17)25-20-10-6-5-9-18(19)20/h2-10,15-16H,11-14H2,1H3,(H,24,27). The lowest BCUT2D eigenvalue weighted by Gasteiger charge is -2.29. The van der Waals surface area contributed by atoms with Gasteiger partial charge in [0.15, 0.2) is 0 Å². The van der Waals surface area contributed by atoms with E-state index >= 15 is 0 Å². The number of amides is 2. The first kappa shape index (κ1) is 19.1. The molecule has 2 heterocycles. The number of morpholine rings is 1. The van der Waals surface area contributed by atoms with E-state index < -0.39 is 6.04 Å². The van der Waals surface area contributed by atoms with Gasteiger partial charge in [0.25, 0.3) is 5.91 Å². The van der Waals surface area contributed by atoms with E-state index in [1.54, 1.807) is 17.9 Å². The number of carbonyl (C=O) groups excluding carboxylic acids is 2. The molecule has 2 aromatic carbocycles. The van der Waals surface area contributed by atoms with Crippen LogP contribution in [0, 0.1) is 0 Å². The van der Waals surface area contributed by atoms with Gasteiger partial charge in [-0.1, -0.05) is 48.5 Å². The topological polar surface area (TPSA) is 71.5 Å². The van der Waals surface area contributed by atoms with Crippen molar-refractivity contribution in [2.45, 2.75) is 13.0 Å². The number of carbonyl (C=O) groups is 2. The summed E-state index contributed by atoms with van der Waals surface area (Å²) in [5, 5.41) is 3.63. The normalized spacial score (nSPS) is 15.1. The van der Waals surface area contributed by atoms with Crippen LogP contribution in [0.4, 0.5) is 0 Å². The third kappa shape index (κ3) is 4.12. The second-order valence-corrected chi connectivity index (χ2v) is 7.07. The highest BCUT2D eigenvalue weighted by molar-refractivity contribution is 6.08. The SMILES string of the molecule is CC(NC(=O)c1cc(-c2ccccc2)nc2ccccc12)C(=O)N1CCOCC1. The largest absolute Gasteiger partial charge is 0.378 e. The lowest BCUT2D eigenvalue weighted by molar-refractivity contribution is -0.136. The Bertz CT molecular complexity index is 1030. The third-order valence-corrected chi connectivity index (χ3v) is 5.07. The summed E-state index contributed by atoms with van der Waals surface area (Å²) >= 11 is 0. The van der Waals surface area contributed by atoms with Crippen molar-refractivity contribution in [3.05, 3.63) is 66.2 Å². The highest BCUT2D eigenvalue weighted by Gasteiger charge is 2.25.